The molecule has 1 amide bonds. The summed E-state index contributed by atoms with van der Waals surface area (Å²) in [6.45, 7) is 3.39. The highest BCUT2D eigenvalue weighted by Crippen LogP contribution is 2.58. The lowest BCUT2D eigenvalue weighted by Crippen LogP contribution is -2.79. The number of likely N-dealkylation sites (N-methyl/N-ethyl adjacent to an activating group) is 1. The highest BCUT2D eigenvalue weighted by Gasteiger charge is 2.71. The van der Waals surface area contributed by atoms with Crippen molar-refractivity contribution >= 4 is 23.2 Å². The molecule has 0 unspecified atom stereocenters. The quantitative estimate of drug-likeness (QED) is 0.318. The van der Waals surface area contributed by atoms with Crippen molar-refractivity contribution in [2.24, 2.45) is 22.6 Å². The van der Waals surface area contributed by atoms with Crippen molar-refractivity contribution in [3.05, 3.63) is 45.7 Å². The smallest absolute Gasteiger partial charge is 0.255 e. The number of unbranched alkanes of at least 4 members (excludes halogenated alkanes) is 1. The molecule has 0 spiro atoms. The Morgan fingerprint density at radius 2 is 1.81 bits per heavy atom. The first kappa shape index (κ1) is 25.9. The van der Waals surface area contributed by atoms with E-state index in [1.54, 1.807) is 20.2 Å². The maximum atomic E-state index is 14.2. The third-order valence-electron chi connectivity index (χ3n) is 8.33. The second-order valence-electron chi connectivity index (χ2n) is 10.7. The number of nitrogens with zero attached hydrogens (tertiary/aromatic N) is 1. The maximum absolute atomic E-state index is 14.2. The SMILES string of the molecule is CCCCc1ccc(O)c2c1C[C@@]1(N)C[C@@]3(N)[C@H](N(C)C)C(=O)C(C(N)=O)=C(O)[C@@]3(C)C(=O)C1=C2O. The lowest BCUT2D eigenvalue weighted by atomic mass is 9.47. The molecule has 3 aliphatic rings. The van der Waals surface area contributed by atoms with E-state index < -0.39 is 57.1 Å². The number of fused-ring (bicyclic) bond motifs is 3. The summed E-state index contributed by atoms with van der Waals surface area (Å²) in [5.41, 5.74) is 14.7. The molecule has 0 bridgehead atoms. The number of phenols is 1. The Labute approximate surface area is 209 Å². The van der Waals surface area contributed by atoms with Gasteiger partial charge in [0.25, 0.3) is 5.91 Å². The molecule has 36 heavy (non-hydrogen) atoms. The normalized spacial score (nSPS) is 31.9. The van der Waals surface area contributed by atoms with Crippen molar-refractivity contribution in [1.29, 1.82) is 0 Å². The van der Waals surface area contributed by atoms with Crippen molar-refractivity contribution in [3.8, 4) is 5.75 Å². The number of aryl methyl sites for hydroxylation is 1. The Hall–Kier alpha value is -3.21. The maximum Gasteiger partial charge on any atom is 0.255 e. The average Bonchev–Trinajstić information content (AvgIpc) is 2.75. The molecular weight excluding hydrogens is 464 g/mol. The number of aromatic hydroxyl groups is 1. The Morgan fingerprint density at radius 1 is 1.17 bits per heavy atom. The van der Waals surface area contributed by atoms with Crippen molar-refractivity contribution in [2.75, 3.05) is 14.1 Å². The molecule has 1 aromatic carbocycles. The number of aliphatic hydroxyl groups excluding tert-OH is 2. The van der Waals surface area contributed by atoms with E-state index in [1.165, 1.54) is 17.9 Å². The van der Waals surface area contributed by atoms with Gasteiger partial charge in [-0.2, -0.15) is 0 Å². The fourth-order valence-corrected chi connectivity index (χ4v) is 6.52. The fraction of sp³-hybridized carbons (Fsp3) is 0.500. The van der Waals surface area contributed by atoms with Crippen LogP contribution in [-0.4, -0.2) is 68.9 Å². The molecule has 1 saturated carbocycles. The number of hydrogen-bond acceptors (Lipinski definition) is 9. The van der Waals surface area contributed by atoms with Gasteiger partial charge in [-0.1, -0.05) is 19.4 Å². The molecule has 9 N–H and O–H groups in total. The zero-order chi connectivity index (χ0) is 27.0. The van der Waals surface area contributed by atoms with Crippen LogP contribution in [0.2, 0.25) is 0 Å². The van der Waals surface area contributed by atoms with Gasteiger partial charge >= 0.3 is 0 Å². The number of phenolic OH excluding ortho intramolecular Hbond substituents is 1. The zero-order valence-electron chi connectivity index (χ0n) is 21.0. The van der Waals surface area contributed by atoms with E-state index in [2.05, 4.69) is 0 Å². The molecule has 0 saturated heterocycles. The van der Waals surface area contributed by atoms with E-state index >= 15 is 0 Å². The number of rotatable bonds is 5. The summed E-state index contributed by atoms with van der Waals surface area (Å²) in [4.78, 5) is 41.3. The third-order valence-corrected chi connectivity index (χ3v) is 8.33. The van der Waals surface area contributed by atoms with Crippen molar-refractivity contribution in [1.82, 2.24) is 4.90 Å². The van der Waals surface area contributed by atoms with Gasteiger partial charge < -0.3 is 32.5 Å². The molecule has 0 radical (unpaired) electrons. The van der Waals surface area contributed by atoms with Crippen LogP contribution in [0.5, 0.6) is 5.75 Å². The molecule has 1 aromatic rings. The molecule has 194 valence electrons. The van der Waals surface area contributed by atoms with E-state index in [-0.39, 0.29) is 29.7 Å². The fourth-order valence-electron chi connectivity index (χ4n) is 6.52. The predicted molar refractivity (Wildman–Crippen MR) is 133 cm³/mol. The van der Waals surface area contributed by atoms with Gasteiger partial charge in [0, 0.05) is 0 Å². The Balaban J connectivity index is 2.05. The Kier molecular flexibility index (Phi) is 5.86. The molecule has 4 rings (SSSR count). The molecule has 10 heteroatoms. The molecule has 10 nitrogen and oxygen atoms in total. The highest BCUT2D eigenvalue weighted by atomic mass is 16.3. The summed E-state index contributed by atoms with van der Waals surface area (Å²) in [5, 5.41) is 33.3. The van der Waals surface area contributed by atoms with E-state index in [4.69, 9.17) is 17.2 Å². The van der Waals surface area contributed by atoms with E-state index in [0.29, 0.717) is 12.0 Å². The van der Waals surface area contributed by atoms with Crippen LogP contribution in [-0.2, 0) is 27.2 Å². The Bertz CT molecular complexity index is 1270. The number of primary amides is 1. The Morgan fingerprint density at radius 3 is 2.36 bits per heavy atom. The van der Waals surface area contributed by atoms with Crippen LogP contribution in [0.25, 0.3) is 5.76 Å². The summed E-state index contributed by atoms with van der Waals surface area (Å²) in [6, 6.07) is 2.04. The minimum atomic E-state index is -2.00. The van der Waals surface area contributed by atoms with E-state index in [1.807, 2.05) is 6.92 Å². The van der Waals surface area contributed by atoms with Gasteiger partial charge in [-0.15, -0.1) is 0 Å². The first-order valence-corrected chi connectivity index (χ1v) is 12.0. The van der Waals surface area contributed by atoms with Crippen molar-refractivity contribution in [2.45, 2.75) is 63.1 Å². The van der Waals surface area contributed by atoms with Crippen LogP contribution in [0, 0.1) is 5.41 Å². The highest BCUT2D eigenvalue weighted by molar-refractivity contribution is 6.25. The number of Topliss-reactive ketones (excluding diaryl/α,β-unsaturated/α-hetero) is 2. The topological polar surface area (TPSA) is 193 Å². The number of ketones is 2. The molecule has 4 atom stereocenters. The van der Waals surface area contributed by atoms with Crippen LogP contribution in [0.4, 0.5) is 0 Å². The first-order chi connectivity index (χ1) is 16.7. The number of hydrogen-bond donors (Lipinski definition) is 6. The zero-order valence-corrected chi connectivity index (χ0v) is 21.0. The molecular formula is C26H34N4O6. The monoisotopic (exact) mass is 498 g/mol. The minimum absolute atomic E-state index is 0.0808. The summed E-state index contributed by atoms with van der Waals surface area (Å²) >= 11 is 0. The summed E-state index contributed by atoms with van der Waals surface area (Å²) < 4.78 is 0. The van der Waals surface area contributed by atoms with E-state index in [0.717, 1.165) is 18.4 Å². The number of aliphatic hydroxyl groups is 2. The minimum Gasteiger partial charge on any atom is -0.510 e. The average molecular weight is 499 g/mol. The lowest BCUT2D eigenvalue weighted by Gasteiger charge is -2.60. The van der Waals surface area contributed by atoms with E-state index in [9.17, 15) is 29.7 Å². The standard InChI is InChI=1S/C26H34N4O6/c1-5-6-7-12-8-9-14(31)15-13(12)10-25(28)11-26(29)20(30(3)4)19(33)16(23(27)36)21(34)24(26,2)22(35)17(25)18(15)32/h8-9,20,31-32,34H,5-7,10-11,28-29H2,1-4H3,(H2,27,36)/t20-,24+,25-,26-/m1/s1. The second-order valence-corrected chi connectivity index (χ2v) is 10.7. The van der Waals surface area contributed by atoms with Crippen molar-refractivity contribution in [3.63, 3.8) is 0 Å². The summed E-state index contributed by atoms with van der Waals surface area (Å²) in [7, 11) is 3.15. The molecule has 0 aliphatic heterocycles. The lowest BCUT2D eigenvalue weighted by molar-refractivity contribution is -0.142. The molecule has 3 aliphatic carbocycles. The second kappa shape index (κ2) is 8.16. The van der Waals surface area contributed by atoms with Gasteiger partial charge in [-0.3, -0.25) is 19.3 Å². The van der Waals surface area contributed by atoms with Crippen LogP contribution in [0.1, 0.15) is 49.8 Å². The van der Waals surface area contributed by atoms with Gasteiger partial charge in [0.1, 0.15) is 28.3 Å². The number of amides is 1. The van der Waals surface area contributed by atoms with Gasteiger partial charge in [0.05, 0.1) is 28.3 Å². The van der Waals surface area contributed by atoms with Gasteiger partial charge in [0.15, 0.2) is 11.6 Å². The largest absolute Gasteiger partial charge is 0.510 e. The molecule has 0 heterocycles. The number of carbonyl (C=O) groups excluding carboxylic acids is 3. The molecule has 0 aromatic heterocycles. The van der Waals surface area contributed by atoms with Gasteiger partial charge in [-0.25, -0.2) is 0 Å². The van der Waals surface area contributed by atoms with Gasteiger partial charge in [-0.05, 0) is 63.9 Å². The number of carbonyl (C=O) groups is 3. The van der Waals surface area contributed by atoms with Crippen LogP contribution < -0.4 is 17.2 Å². The molecule has 1 fully saturated rings. The predicted octanol–water partition coefficient (Wildman–Crippen LogP) is 0.744. The summed E-state index contributed by atoms with van der Waals surface area (Å²) in [5.74, 6) is -4.33. The van der Waals surface area contributed by atoms with Crippen LogP contribution in [0.3, 0.4) is 0 Å². The van der Waals surface area contributed by atoms with Crippen LogP contribution >= 0.6 is 0 Å². The first-order valence-electron chi connectivity index (χ1n) is 12.0. The van der Waals surface area contributed by atoms with Crippen molar-refractivity contribution < 1.29 is 29.7 Å². The number of nitrogens with two attached hydrogens (primary N) is 3. The summed E-state index contributed by atoms with van der Waals surface area (Å²) in [6.07, 6.45) is 2.39. The van der Waals surface area contributed by atoms with Crippen LogP contribution in [0.15, 0.2) is 29.0 Å². The number of benzene rings is 1. The van der Waals surface area contributed by atoms with Gasteiger partial charge in [0.2, 0.25) is 0 Å². The third kappa shape index (κ3) is 3.11.